The van der Waals surface area contributed by atoms with Crippen molar-refractivity contribution in [2.24, 2.45) is 7.05 Å². The predicted octanol–water partition coefficient (Wildman–Crippen LogP) is 4.60. The molecule has 4 heterocycles. The zero-order valence-corrected chi connectivity index (χ0v) is 18.0. The number of piperidine rings is 1. The molecule has 0 spiro atoms. The third-order valence-corrected chi connectivity index (χ3v) is 6.80. The van der Waals surface area contributed by atoms with Crippen LogP contribution >= 0.6 is 0 Å². The van der Waals surface area contributed by atoms with E-state index in [1.165, 1.54) is 18.5 Å². The fraction of sp³-hybridized carbons (Fsp3) is 0.280. The first-order chi connectivity index (χ1) is 16.0. The maximum atomic E-state index is 13.9. The minimum Gasteiger partial charge on any atom is -0.327 e. The van der Waals surface area contributed by atoms with E-state index in [2.05, 4.69) is 9.97 Å². The summed E-state index contributed by atoms with van der Waals surface area (Å²) in [6, 6.07) is 8.88. The fourth-order valence-corrected chi connectivity index (χ4v) is 5.46. The first-order valence-corrected chi connectivity index (χ1v) is 11.0. The van der Waals surface area contributed by atoms with Crippen LogP contribution in [0.5, 0.6) is 0 Å². The maximum absolute atomic E-state index is 13.9. The van der Waals surface area contributed by atoms with Crippen molar-refractivity contribution < 1.29 is 13.6 Å². The van der Waals surface area contributed by atoms with E-state index in [1.807, 2.05) is 23.1 Å². The van der Waals surface area contributed by atoms with Gasteiger partial charge in [0.05, 0.1) is 22.9 Å². The molecule has 166 valence electrons. The number of benzene rings is 2. The maximum Gasteiger partial charge on any atom is 0.254 e. The topological polar surface area (TPSA) is 63.9 Å². The van der Waals surface area contributed by atoms with Crippen LogP contribution in [0.25, 0.3) is 22.2 Å². The number of aromatic nitrogens is 4. The smallest absolute Gasteiger partial charge is 0.254 e. The molecule has 0 aliphatic carbocycles. The normalized spacial score (nSPS) is 19.5. The summed E-state index contributed by atoms with van der Waals surface area (Å²) >= 11 is 0. The zero-order chi connectivity index (χ0) is 22.7. The molecule has 33 heavy (non-hydrogen) atoms. The summed E-state index contributed by atoms with van der Waals surface area (Å²) in [5.74, 6) is -1.28. The molecule has 2 bridgehead atoms. The lowest BCUT2D eigenvalue weighted by Crippen LogP contribution is -2.49. The molecule has 1 fully saturated rings. The Labute approximate surface area is 188 Å². The number of hydrogen-bond donors (Lipinski definition) is 0. The summed E-state index contributed by atoms with van der Waals surface area (Å²) in [7, 11) is 1.79. The molecular weight excluding hydrogens is 424 g/mol. The van der Waals surface area contributed by atoms with Gasteiger partial charge in [-0.3, -0.25) is 9.48 Å². The number of carbonyl (C=O) groups excluding carboxylic acids is 1. The van der Waals surface area contributed by atoms with Crippen LogP contribution in [-0.2, 0) is 13.5 Å². The van der Waals surface area contributed by atoms with Gasteiger partial charge in [0.1, 0.15) is 18.0 Å². The van der Waals surface area contributed by atoms with Crippen LogP contribution in [0.15, 0.2) is 48.9 Å². The van der Waals surface area contributed by atoms with E-state index in [9.17, 15) is 13.6 Å². The molecule has 0 N–H and O–H groups in total. The van der Waals surface area contributed by atoms with Crippen LogP contribution in [0.4, 0.5) is 8.78 Å². The minimum absolute atomic E-state index is 0.00574. The van der Waals surface area contributed by atoms with Gasteiger partial charge < -0.3 is 4.90 Å². The molecule has 2 aromatic heterocycles. The molecule has 1 amide bonds. The van der Waals surface area contributed by atoms with Crippen molar-refractivity contribution in [3.63, 3.8) is 0 Å². The molecule has 0 unspecified atom stereocenters. The van der Waals surface area contributed by atoms with Crippen molar-refractivity contribution in [3.8, 4) is 11.3 Å². The van der Waals surface area contributed by atoms with Gasteiger partial charge >= 0.3 is 0 Å². The van der Waals surface area contributed by atoms with Gasteiger partial charge in [0.2, 0.25) is 0 Å². The highest BCUT2D eigenvalue weighted by Gasteiger charge is 2.43. The van der Waals surface area contributed by atoms with Crippen LogP contribution in [-0.4, -0.2) is 36.6 Å². The number of amides is 1. The Morgan fingerprint density at radius 1 is 1.09 bits per heavy atom. The summed E-state index contributed by atoms with van der Waals surface area (Å²) in [5, 5.41) is 5.62. The van der Waals surface area contributed by atoms with E-state index < -0.39 is 11.6 Å². The Bertz CT molecular complexity index is 1400. The van der Waals surface area contributed by atoms with E-state index in [0.717, 1.165) is 53.2 Å². The molecule has 2 atom stereocenters. The van der Waals surface area contributed by atoms with Gasteiger partial charge in [-0.1, -0.05) is 6.07 Å². The largest absolute Gasteiger partial charge is 0.327 e. The van der Waals surface area contributed by atoms with Gasteiger partial charge in [-0.2, -0.15) is 5.10 Å². The molecule has 0 saturated carbocycles. The van der Waals surface area contributed by atoms with E-state index >= 15 is 0 Å². The number of nitrogens with zero attached hydrogens (tertiary/aromatic N) is 5. The molecule has 6 rings (SSSR count). The highest BCUT2D eigenvalue weighted by molar-refractivity contribution is 5.98. The third-order valence-electron chi connectivity index (χ3n) is 6.80. The molecule has 2 aliphatic rings. The Hall–Kier alpha value is -3.68. The number of hydrogen-bond acceptors (Lipinski definition) is 4. The van der Waals surface area contributed by atoms with Gasteiger partial charge in [-0.05, 0) is 49.9 Å². The third kappa shape index (κ3) is 3.20. The van der Waals surface area contributed by atoms with Crippen molar-refractivity contribution in [1.29, 1.82) is 0 Å². The monoisotopic (exact) mass is 445 g/mol. The fourth-order valence-electron chi connectivity index (χ4n) is 5.46. The molecule has 6 nitrogen and oxygen atoms in total. The van der Waals surface area contributed by atoms with E-state index in [-0.39, 0.29) is 18.0 Å². The Morgan fingerprint density at radius 3 is 2.73 bits per heavy atom. The van der Waals surface area contributed by atoms with Crippen molar-refractivity contribution in [2.45, 2.75) is 37.8 Å². The number of fused-ring (bicyclic) bond motifs is 5. The summed E-state index contributed by atoms with van der Waals surface area (Å²) in [6.07, 6.45) is 6.49. The average Bonchev–Trinajstić information content (AvgIpc) is 3.13. The van der Waals surface area contributed by atoms with Crippen molar-refractivity contribution in [1.82, 2.24) is 24.6 Å². The van der Waals surface area contributed by atoms with Gasteiger partial charge in [-0.25, -0.2) is 18.7 Å². The number of carbonyl (C=O) groups is 1. The zero-order valence-electron chi connectivity index (χ0n) is 18.0. The summed E-state index contributed by atoms with van der Waals surface area (Å²) in [6.45, 7) is 0. The van der Waals surface area contributed by atoms with Crippen LogP contribution in [0, 0.1) is 11.6 Å². The second-order valence-electron chi connectivity index (χ2n) is 8.81. The number of aryl methyl sites for hydroxylation is 1. The van der Waals surface area contributed by atoms with Gasteiger partial charge in [0, 0.05) is 47.4 Å². The summed E-state index contributed by atoms with van der Waals surface area (Å²) in [4.78, 5) is 23.9. The highest BCUT2D eigenvalue weighted by atomic mass is 19.1. The Morgan fingerprint density at radius 2 is 1.91 bits per heavy atom. The van der Waals surface area contributed by atoms with Crippen LogP contribution in [0.2, 0.25) is 0 Å². The van der Waals surface area contributed by atoms with E-state index in [0.29, 0.717) is 17.5 Å². The lowest BCUT2D eigenvalue weighted by atomic mass is 9.81. The number of rotatable bonds is 2. The van der Waals surface area contributed by atoms with Crippen molar-refractivity contribution in [3.05, 3.63) is 77.4 Å². The van der Waals surface area contributed by atoms with Crippen LogP contribution in [0.1, 0.15) is 46.9 Å². The van der Waals surface area contributed by atoms with Gasteiger partial charge in [-0.15, -0.1) is 0 Å². The summed E-state index contributed by atoms with van der Waals surface area (Å²) < 4.78 is 29.6. The minimum atomic E-state index is -0.618. The van der Waals surface area contributed by atoms with E-state index in [1.54, 1.807) is 17.9 Å². The van der Waals surface area contributed by atoms with Crippen molar-refractivity contribution in [2.75, 3.05) is 0 Å². The molecule has 8 heteroatoms. The first kappa shape index (κ1) is 20.0. The highest BCUT2D eigenvalue weighted by Crippen LogP contribution is 2.45. The SMILES string of the molecule is Cn1nc2c(c1-c1cc(F)cc(F)c1)C[C@@H]1CCC[C@H]2N1C(=O)c1ccc2cncnc2c1. The number of halogens is 2. The first-order valence-electron chi connectivity index (χ1n) is 11.0. The van der Waals surface area contributed by atoms with Crippen LogP contribution in [0.3, 0.4) is 0 Å². The molecule has 2 aliphatic heterocycles. The molecular formula is C25H21F2N5O. The van der Waals surface area contributed by atoms with Crippen molar-refractivity contribution >= 4 is 16.8 Å². The molecule has 1 saturated heterocycles. The second-order valence-corrected chi connectivity index (χ2v) is 8.81. The lowest BCUT2D eigenvalue weighted by Gasteiger charge is -2.45. The average molecular weight is 445 g/mol. The predicted molar refractivity (Wildman–Crippen MR) is 118 cm³/mol. The summed E-state index contributed by atoms with van der Waals surface area (Å²) in [5.41, 5.74) is 4.31. The standard InChI is InChI=1S/C25H21F2N5O/c1-31-24(16-7-17(26)10-18(27)8-16)20-11-19-3-2-4-22(23(20)30-31)32(19)25(33)14-5-6-15-12-28-13-29-21(15)9-14/h5-10,12-13,19,22H,2-4,11H2,1H3/t19-,22+/m0/s1. The molecule has 4 aromatic rings. The molecule has 0 radical (unpaired) electrons. The second kappa shape index (κ2) is 7.43. The van der Waals surface area contributed by atoms with Gasteiger partial charge in [0.15, 0.2) is 0 Å². The lowest BCUT2D eigenvalue weighted by molar-refractivity contribution is 0.0392. The quantitative estimate of drug-likeness (QED) is 0.452. The van der Waals surface area contributed by atoms with E-state index in [4.69, 9.17) is 5.10 Å². The molecule has 2 aromatic carbocycles. The van der Waals surface area contributed by atoms with Gasteiger partial charge in [0.25, 0.3) is 5.91 Å². The Kier molecular flexibility index (Phi) is 4.50. The van der Waals surface area contributed by atoms with Crippen LogP contribution < -0.4 is 0 Å². The Balaban J connectivity index is 1.42.